The third kappa shape index (κ3) is 4.35. The third-order valence-corrected chi connectivity index (χ3v) is 2.72. The lowest BCUT2D eigenvalue weighted by Gasteiger charge is -2.17. The third-order valence-electron chi connectivity index (χ3n) is 2.39. The molecule has 0 aromatic heterocycles. The molecule has 4 heteroatoms. The topological polar surface area (TPSA) is 38.0 Å². The summed E-state index contributed by atoms with van der Waals surface area (Å²) in [7, 11) is 0. The van der Waals surface area contributed by atoms with Gasteiger partial charge in [-0.2, -0.15) is 0 Å². The minimum absolute atomic E-state index is 0.0678. The van der Waals surface area contributed by atoms with Crippen LogP contribution in [0.5, 0.6) is 0 Å². The Morgan fingerprint density at radius 3 is 2.88 bits per heavy atom. The monoisotopic (exact) mass is 254 g/mol. The Balaban J connectivity index is 2.68. The van der Waals surface area contributed by atoms with Gasteiger partial charge in [-0.15, -0.1) is 11.8 Å². The van der Waals surface area contributed by atoms with Gasteiger partial charge in [0.25, 0.3) is 0 Å². The van der Waals surface area contributed by atoms with Crippen LogP contribution in [-0.2, 0) is 0 Å². The molecule has 0 spiro atoms. The summed E-state index contributed by atoms with van der Waals surface area (Å²) in [5.41, 5.74) is 6.50. The second-order valence-electron chi connectivity index (χ2n) is 3.59. The van der Waals surface area contributed by atoms with Crippen molar-refractivity contribution in [3.63, 3.8) is 0 Å². The van der Waals surface area contributed by atoms with Gasteiger partial charge < -0.3 is 11.1 Å². The van der Waals surface area contributed by atoms with Crippen molar-refractivity contribution in [2.24, 2.45) is 5.73 Å². The first-order chi connectivity index (χ1) is 8.19. The lowest BCUT2D eigenvalue weighted by atomic mass is 10.1. The van der Waals surface area contributed by atoms with Crippen LogP contribution in [0.3, 0.4) is 0 Å². The van der Waals surface area contributed by atoms with E-state index < -0.39 is 0 Å². The Kier molecular flexibility index (Phi) is 5.99. The van der Waals surface area contributed by atoms with E-state index in [9.17, 15) is 4.39 Å². The van der Waals surface area contributed by atoms with Crippen molar-refractivity contribution in [1.82, 2.24) is 5.32 Å². The van der Waals surface area contributed by atoms with Crippen molar-refractivity contribution >= 4 is 11.6 Å². The van der Waals surface area contributed by atoms with Gasteiger partial charge in [-0.1, -0.05) is 17.7 Å². The molecule has 0 aliphatic heterocycles. The van der Waals surface area contributed by atoms with Gasteiger partial charge in [-0.3, -0.25) is 0 Å². The molecule has 17 heavy (non-hydrogen) atoms. The molecule has 0 heterocycles. The molecule has 0 amide bonds. The number of nitrogens with one attached hydrogen (secondary N) is 1. The maximum absolute atomic E-state index is 12.9. The first-order valence-electron chi connectivity index (χ1n) is 5.47. The summed E-state index contributed by atoms with van der Waals surface area (Å²) in [4.78, 5) is 0. The fourth-order valence-corrected chi connectivity index (χ4v) is 1.84. The highest BCUT2D eigenvalue weighted by molar-refractivity contribution is 6.31. The van der Waals surface area contributed by atoms with Crippen molar-refractivity contribution in [2.75, 3.05) is 13.1 Å². The lowest BCUT2D eigenvalue weighted by Crippen LogP contribution is -2.29. The van der Waals surface area contributed by atoms with E-state index in [1.165, 1.54) is 12.1 Å². The predicted octanol–water partition coefficient (Wildman–Crippen LogP) is 2.48. The van der Waals surface area contributed by atoms with E-state index in [0.29, 0.717) is 11.6 Å². The largest absolute Gasteiger partial charge is 0.329 e. The van der Waals surface area contributed by atoms with Crippen molar-refractivity contribution in [3.8, 4) is 11.8 Å². The van der Waals surface area contributed by atoms with Crippen molar-refractivity contribution in [1.29, 1.82) is 0 Å². The smallest absolute Gasteiger partial charge is 0.124 e. The number of benzene rings is 1. The molecule has 0 aliphatic rings. The molecule has 1 aromatic rings. The van der Waals surface area contributed by atoms with Crippen molar-refractivity contribution in [3.05, 3.63) is 34.6 Å². The summed E-state index contributed by atoms with van der Waals surface area (Å²) in [6.07, 6.45) is 0.756. The van der Waals surface area contributed by atoms with E-state index in [1.807, 2.05) is 0 Å². The molecule has 0 aliphatic carbocycles. The summed E-state index contributed by atoms with van der Waals surface area (Å²) in [6, 6.07) is 4.28. The van der Waals surface area contributed by atoms with Gasteiger partial charge in [-0.05, 0) is 24.6 Å². The zero-order valence-corrected chi connectivity index (χ0v) is 10.5. The molecule has 1 atom stereocenters. The van der Waals surface area contributed by atoms with Gasteiger partial charge in [0.05, 0.1) is 0 Å². The van der Waals surface area contributed by atoms with E-state index in [0.717, 1.165) is 18.5 Å². The van der Waals surface area contributed by atoms with Gasteiger partial charge in [0, 0.05) is 30.6 Å². The Labute approximate surface area is 106 Å². The fourth-order valence-electron chi connectivity index (χ4n) is 1.54. The van der Waals surface area contributed by atoms with Crippen LogP contribution in [0.4, 0.5) is 4.39 Å². The minimum Gasteiger partial charge on any atom is -0.329 e. The summed E-state index contributed by atoms with van der Waals surface area (Å²) in [5.74, 6) is 5.44. The van der Waals surface area contributed by atoms with E-state index >= 15 is 0 Å². The average Bonchev–Trinajstić information content (AvgIpc) is 2.31. The molecule has 92 valence electrons. The first-order valence-corrected chi connectivity index (χ1v) is 5.84. The van der Waals surface area contributed by atoms with Crippen LogP contribution in [0.25, 0.3) is 0 Å². The van der Waals surface area contributed by atoms with Crippen molar-refractivity contribution < 1.29 is 4.39 Å². The van der Waals surface area contributed by atoms with Gasteiger partial charge in [0.15, 0.2) is 0 Å². The quantitative estimate of drug-likeness (QED) is 0.626. The molecule has 2 nitrogen and oxygen atoms in total. The number of rotatable bonds is 5. The van der Waals surface area contributed by atoms with Crippen LogP contribution in [0.15, 0.2) is 18.2 Å². The fraction of sp³-hybridized carbons (Fsp3) is 0.385. The normalized spacial score (nSPS) is 11.8. The van der Waals surface area contributed by atoms with Crippen LogP contribution < -0.4 is 11.1 Å². The summed E-state index contributed by atoms with van der Waals surface area (Å²) < 4.78 is 12.9. The SMILES string of the molecule is CC#CCCNC(CN)c1ccc(F)cc1Cl. The molecule has 0 saturated carbocycles. The van der Waals surface area contributed by atoms with Gasteiger partial charge >= 0.3 is 0 Å². The van der Waals surface area contributed by atoms with Gasteiger partial charge in [-0.25, -0.2) is 4.39 Å². The number of hydrogen-bond acceptors (Lipinski definition) is 2. The first kappa shape index (κ1) is 14.0. The van der Waals surface area contributed by atoms with E-state index in [-0.39, 0.29) is 11.9 Å². The summed E-state index contributed by atoms with van der Waals surface area (Å²) in [6.45, 7) is 2.94. The predicted molar refractivity (Wildman–Crippen MR) is 69.3 cm³/mol. The Morgan fingerprint density at radius 2 is 2.29 bits per heavy atom. The second kappa shape index (κ2) is 7.29. The Hall–Kier alpha value is -1.08. The highest BCUT2D eigenvalue weighted by Gasteiger charge is 2.12. The molecule has 1 rings (SSSR count). The molecule has 0 saturated heterocycles. The van der Waals surface area contributed by atoms with Gasteiger partial charge in [0.1, 0.15) is 5.82 Å². The van der Waals surface area contributed by atoms with E-state index in [1.54, 1.807) is 13.0 Å². The number of halogens is 2. The zero-order chi connectivity index (χ0) is 12.7. The lowest BCUT2D eigenvalue weighted by molar-refractivity contribution is 0.548. The molecule has 1 aromatic carbocycles. The molecular formula is C13H16ClFN2. The van der Waals surface area contributed by atoms with Crippen LogP contribution in [0.2, 0.25) is 5.02 Å². The standard InChI is InChI=1S/C13H16ClFN2/c1-2-3-4-7-17-13(9-16)11-6-5-10(15)8-12(11)14/h5-6,8,13,17H,4,7,9,16H2,1H3. The molecule has 1 unspecified atom stereocenters. The summed E-state index contributed by atoms with van der Waals surface area (Å²) >= 11 is 5.98. The second-order valence-corrected chi connectivity index (χ2v) is 3.99. The molecule has 0 fully saturated rings. The zero-order valence-electron chi connectivity index (χ0n) is 9.76. The maximum atomic E-state index is 12.9. The van der Waals surface area contributed by atoms with E-state index in [2.05, 4.69) is 17.2 Å². The van der Waals surface area contributed by atoms with E-state index in [4.69, 9.17) is 17.3 Å². The number of nitrogens with two attached hydrogens (primary N) is 1. The van der Waals surface area contributed by atoms with Crippen LogP contribution >= 0.6 is 11.6 Å². The summed E-state index contributed by atoms with van der Waals surface area (Å²) in [5, 5.41) is 3.64. The van der Waals surface area contributed by atoms with Crippen LogP contribution in [-0.4, -0.2) is 13.1 Å². The van der Waals surface area contributed by atoms with Crippen LogP contribution in [0.1, 0.15) is 24.9 Å². The Morgan fingerprint density at radius 1 is 1.53 bits per heavy atom. The number of hydrogen-bond donors (Lipinski definition) is 2. The molecule has 0 bridgehead atoms. The molecule has 3 N–H and O–H groups in total. The molecular weight excluding hydrogens is 239 g/mol. The van der Waals surface area contributed by atoms with Crippen LogP contribution in [0, 0.1) is 17.7 Å². The highest BCUT2D eigenvalue weighted by Crippen LogP contribution is 2.23. The maximum Gasteiger partial charge on any atom is 0.124 e. The average molecular weight is 255 g/mol. The highest BCUT2D eigenvalue weighted by atomic mass is 35.5. The van der Waals surface area contributed by atoms with Gasteiger partial charge in [0.2, 0.25) is 0 Å². The Bertz CT molecular complexity index is 423. The minimum atomic E-state index is -0.341. The van der Waals surface area contributed by atoms with Crippen molar-refractivity contribution in [2.45, 2.75) is 19.4 Å². The molecule has 0 radical (unpaired) electrons.